The van der Waals surface area contributed by atoms with Crippen LogP contribution in [0.4, 0.5) is 0 Å². The Hall–Kier alpha value is -2.54. The summed E-state index contributed by atoms with van der Waals surface area (Å²) in [6, 6.07) is 1.98. The lowest BCUT2D eigenvalue weighted by Gasteiger charge is -1.99. The van der Waals surface area contributed by atoms with Gasteiger partial charge in [-0.15, -0.1) is 11.3 Å². The number of nitrogens with zero attached hydrogens (tertiary/aromatic N) is 4. The maximum atomic E-state index is 11.7. The second-order valence-corrected chi connectivity index (χ2v) is 6.24. The summed E-state index contributed by atoms with van der Waals surface area (Å²) in [6.45, 7) is 5.94. The summed E-state index contributed by atoms with van der Waals surface area (Å²) in [7, 11) is 0. The fourth-order valence-corrected chi connectivity index (χ4v) is 2.77. The number of ether oxygens (including phenoxy) is 1. The molecule has 0 aliphatic carbocycles. The van der Waals surface area contributed by atoms with Crippen molar-refractivity contribution in [2.75, 3.05) is 0 Å². The van der Waals surface area contributed by atoms with E-state index in [1.807, 2.05) is 42.8 Å². The molecule has 0 aliphatic heterocycles. The van der Waals surface area contributed by atoms with Crippen molar-refractivity contribution in [3.8, 4) is 0 Å². The van der Waals surface area contributed by atoms with Crippen LogP contribution in [0.2, 0.25) is 0 Å². The van der Waals surface area contributed by atoms with Crippen LogP contribution in [0, 0.1) is 20.8 Å². The van der Waals surface area contributed by atoms with E-state index < -0.39 is 5.97 Å². The minimum Gasteiger partial charge on any atom is -0.456 e. The zero-order valence-corrected chi connectivity index (χ0v) is 13.9. The van der Waals surface area contributed by atoms with Gasteiger partial charge >= 0.3 is 5.97 Å². The molecule has 0 atom stereocenters. The topological polar surface area (TPSA) is 69.4 Å². The highest BCUT2D eigenvalue weighted by molar-refractivity contribution is 7.09. The third kappa shape index (κ3) is 3.62. The Balaban J connectivity index is 1.65. The van der Waals surface area contributed by atoms with Gasteiger partial charge in [0.25, 0.3) is 0 Å². The molecular formula is C16H16N4O2S. The van der Waals surface area contributed by atoms with E-state index in [0.717, 1.165) is 22.1 Å². The van der Waals surface area contributed by atoms with Crippen LogP contribution in [-0.4, -0.2) is 25.3 Å². The fourth-order valence-electron chi connectivity index (χ4n) is 2.19. The SMILES string of the molecule is Cc1cc(C)n2cc(COC(=O)C=Cc3csc(C)n3)nc2n1. The number of aryl methyl sites for hydroxylation is 3. The summed E-state index contributed by atoms with van der Waals surface area (Å²) in [5, 5.41) is 2.85. The molecule has 3 aromatic rings. The van der Waals surface area contributed by atoms with Crippen LogP contribution >= 0.6 is 11.3 Å². The second kappa shape index (κ2) is 6.29. The highest BCUT2D eigenvalue weighted by Crippen LogP contribution is 2.11. The number of thiazole rings is 1. The van der Waals surface area contributed by atoms with Gasteiger partial charge in [-0.1, -0.05) is 0 Å². The molecule has 0 unspecified atom stereocenters. The molecule has 0 radical (unpaired) electrons. The summed E-state index contributed by atoms with van der Waals surface area (Å²) >= 11 is 1.54. The lowest BCUT2D eigenvalue weighted by Crippen LogP contribution is -2.00. The van der Waals surface area contributed by atoms with Crippen LogP contribution in [0.1, 0.15) is 27.8 Å². The summed E-state index contributed by atoms with van der Waals surface area (Å²) in [5.41, 5.74) is 3.37. The molecule has 3 aromatic heterocycles. The number of fused-ring (bicyclic) bond motifs is 1. The molecule has 0 bridgehead atoms. The monoisotopic (exact) mass is 328 g/mol. The molecular weight excluding hydrogens is 312 g/mol. The maximum Gasteiger partial charge on any atom is 0.331 e. The zero-order valence-electron chi connectivity index (χ0n) is 13.1. The zero-order chi connectivity index (χ0) is 16.4. The van der Waals surface area contributed by atoms with Crippen LogP contribution in [0.25, 0.3) is 11.9 Å². The van der Waals surface area contributed by atoms with Crippen LogP contribution in [0.15, 0.2) is 23.7 Å². The number of rotatable bonds is 4. The molecule has 0 fully saturated rings. The van der Waals surface area contributed by atoms with Crippen molar-refractivity contribution < 1.29 is 9.53 Å². The molecule has 7 heteroatoms. The van der Waals surface area contributed by atoms with Gasteiger partial charge in [0.15, 0.2) is 0 Å². The molecule has 118 valence electrons. The number of hydrogen-bond donors (Lipinski definition) is 0. The molecule has 23 heavy (non-hydrogen) atoms. The average Bonchev–Trinajstić information content (AvgIpc) is 3.09. The third-order valence-corrected chi connectivity index (χ3v) is 3.99. The molecule has 0 N–H and O–H groups in total. The Morgan fingerprint density at radius 2 is 2.13 bits per heavy atom. The van der Waals surface area contributed by atoms with E-state index in [1.165, 1.54) is 17.4 Å². The standard InChI is InChI=1S/C16H16N4O2S/c1-10-6-11(2)20-7-14(19-16(20)17-10)8-22-15(21)5-4-13-9-23-12(3)18-13/h4-7,9H,8H2,1-3H3. The lowest BCUT2D eigenvalue weighted by molar-refractivity contribution is -0.139. The molecule has 0 saturated carbocycles. The van der Waals surface area contributed by atoms with Crippen molar-refractivity contribution in [3.05, 3.63) is 51.5 Å². The third-order valence-electron chi connectivity index (χ3n) is 3.20. The van der Waals surface area contributed by atoms with E-state index in [4.69, 9.17) is 4.74 Å². The van der Waals surface area contributed by atoms with Gasteiger partial charge in [0.1, 0.15) is 6.61 Å². The summed E-state index contributed by atoms with van der Waals surface area (Å²) in [4.78, 5) is 24.7. The van der Waals surface area contributed by atoms with Crippen molar-refractivity contribution in [2.45, 2.75) is 27.4 Å². The van der Waals surface area contributed by atoms with Gasteiger partial charge in [-0.3, -0.25) is 4.40 Å². The van der Waals surface area contributed by atoms with Gasteiger partial charge in [0.2, 0.25) is 5.78 Å². The van der Waals surface area contributed by atoms with Crippen LogP contribution in [0.5, 0.6) is 0 Å². The Morgan fingerprint density at radius 3 is 2.87 bits per heavy atom. The van der Waals surface area contributed by atoms with E-state index in [9.17, 15) is 4.79 Å². The second-order valence-electron chi connectivity index (χ2n) is 5.17. The number of carbonyl (C=O) groups excluding carboxylic acids is 1. The first-order chi connectivity index (χ1) is 11.0. The summed E-state index contributed by atoms with van der Waals surface area (Å²) < 4.78 is 7.08. The van der Waals surface area contributed by atoms with Crippen molar-refractivity contribution in [1.82, 2.24) is 19.4 Å². The molecule has 0 aromatic carbocycles. The van der Waals surface area contributed by atoms with E-state index >= 15 is 0 Å². The van der Waals surface area contributed by atoms with Crippen LogP contribution in [-0.2, 0) is 16.1 Å². The molecule has 3 rings (SSSR count). The predicted molar refractivity (Wildman–Crippen MR) is 88.1 cm³/mol. The van der Waals surface area contributed by atoms with Gasteiger partial charge in [-0.25, -0.2) is 19.7 Å². The minimum atomic E-state index is -0.423. The number of esters is 1. The van der Waals surface area contributed by atoms with E-state index in [-0.39, 0.29) is 6.61 Å². The van der Waals surface area contributed by atoms with Crippen molar-refractivity contribution in [3.63, 3.8) is 0 Å². The number of imidazole rings is 1. The lowest BCUT2D eigenvalue weighted by atomic mass is 10.3. The highest BCUT2D eigenvalue weighted by Gasteiger charge is 2.07. The summed E-state index contributed by atoms with van der Waals surface area (Å²) in [5.74, 6) is 0.190. The van der Waals surface area contributed by atoms with Crippen molar-refractivity contribution >= 4 is 29.2 Å². The minimum absolute atomic E-state index is 0.112. The normalized spacial score (nSPS) is 11.4. The largest absolute Gasteiger partial charge is 0.456 e. The Morgan fingerprint density at radius 1 is 1.30 bits per heavy atom. The first-order valence-corrected chi connectivity index (χ1v) is 7.98. The van der Waals surface area contributed by atoms with Gasteiger partial charge < -0.3 is 4.74 Å². The van der Waals surface area contributed by atoms with Crippen molar-refractivity contribution in [2.24, 2.45) is 0 Å². The van der Waals surface area contributed by atoms with Crippen molar-refractivity contribution in [1.29, 1.82) is 0 Å². The predicted octanol–water partition coefficient (Wildman–Crippen LogP) is 2.87. The number of aromatic nitrogens is 4. The average molecular weight is 328 g/mol. The number of carbonyl (C=O) groups is 1. The molecule has 0 saturated heterocycles. The van der Waals surface area contributed by atoms with Crippen LogP contribution in [0.3, 0.4) is 0 Å². The molecule has 6 nitrogen and oxygen atoms in total. The van der Waals surface area contributed by atoms with E-state index in [1.54, 1.807) is 6.08 Å². The number of hydrogen-bond acceptors (Lipinski definition) is 6. The van der Waals surface area contributed by atoms with E-state index in [0.29, 0.717) is 11.5 Å². The molecule has 0 spiro atoms. The first-order valence-electron chi connectivity index (χ1n) is 7.10. The quantitative estimate of drug-likeness (QED) is 0.544. The smallest absolute Gasteiger partial charge is 0.331 e. The van der Waals surface area contributed by atoms with Gasteiger partial charge in [-0.05, 0) is 32.9 Å². The Bertz CT molecular complexity index is 895. The van der Waals surface area contributed by atoms with Gasteiger partial charge in [-0.2, -0.15) is 0 Å². The first kappa shape index (κ1) is 15.4. The maximum absolute atomic E-state index is 11.7. The Kier molecular flexibility index (Phi) is 4.20. The van der Waals surface area contributed by atoms with E-state index in [2.05, 4.69) is 15.0 Å². The van der Waals surface area contributed by atoms with Gasteiger partial charge in [0.05, 0.1) is 16.4 Å². The van der Waals surface area contributed by atoms with Crippen LogP contribution < -0.4 is 0 Å². The summed E-state index contributed by atoms with van der Waals surface area (Å²) in [6.07, 6.45) is 4.85. The fraction of sp³-hybridized carbons (Fsp3) is 0.250. The van der Waals surface area contributed by atoms with Gasteiger partial charge in [0, 0.05) is 29.0 Å². The molecule has 0 amide bonds. The highest BCUT2D eigenvalue weighted by atomic mass is 32.1. The molecule has 3 heterocycles. The molecule has 0 aliphatic rings. The Labute approximate surface area is 137 Å².